The minimum atomic E-state index is -3.70. The van der Waals surface area contributed by atoms with Crippen molar-refractivity contribution in [2.45, 2.75) is 12.6 Å². The fourth-order valence-corrected chi connectivity index (χ4v) is 3.42. The summed E-state index contributed by atoms with van der Waals surface area (Å²) < 4.78 is 56.8. The van der Waals surface area contributed by atoms with Crippen molar-refractivity contribution in [3.05, 3.63) is 35.4 Å². The molecule has 1 aromatic carbocycles. The van der Waals surface area contributed by atoms with Crippen LogP contribution in [0.3, 0.4) is 0 Å². The Labute approximate surface area is 144 Å². The van der Waals surface area contributed by atoms with Crippen molar-refractivity contribution >= 4 is 16.0 Å². The molecule has 140 valence electrons. The molecule has 1 aliphatic heterocycles. The van der Waals surface area contributed by atoms with Gasteiger partial charge in [-0.2, -0.15) is 4.31 Å². The van der Waals surface area contributed by atoms with E-state index in [0.717, 1.165) is 16.6 Å². The van der Waals surface area contributed by atoms with Crippen molar-refractivity contribution in [3.8, 4) is 0 Å². The zero-order chi connectivity index (χ0) is 18.6. The lowest BCUT2D eigenvalue weighted by Crippen LogP contribution is -2.49. The highest BCUT2D eigenvalue weighted by atomic mass is 32.2. The summed E-state index contributed by atoms with van der Waals surface area (Å²) in [6, 6.07) is 3.94. The molecule has 1 unspecified atom stereocenters. The predicted octanol–water partition coefficient (Wildman–Crippen LogP) is 0.512. The van der Waals surface area contributed by atoms with Crippen LogP contribution in [0.1, 0.15) is 5.56 Å². The van der Waals surface area contributed by atoms with Gasteiger partial charge < -0.3 is 9.84 Å². The Morgan fingerprint density at radius 3 is 2.80 bits per heavy atom. The second-order valence-corrected chi connectivity index (χ2v) is 7.87. The fraction of sp³-hybridized carbons (Fsp3) is 0.533. The molecular formula is C15H20F2N2O5S. The van der Waals surface area contributed by atoms with E-state index in [1.165, 1.54) is 12.1 Å². The number of rotatable bonds is 7. The summed E-state index contributed by atoms with van der Waals surface area (Å²) in [5.41, 5.74) is 0.200. The van der Waals surface area contributed by atoms with E-state index in [0.29, 0.717) is 6.54 Å². The van der Waals surface area contributed by atoms with E-state index < -0.39 is 40.3 Å². The number of carboxylic acid groups (broad SMARTS) is 1. The summed E-state index contributed by atoms with van der Waals surface area (Å²) >= 11 is 0. The van der Waals surface area contributed by atoms with Crippen molar-refractivity contribution in [2.24, 2.45) is 0 Å². The van der Waals surface area contributed by atoms with Crippen LogP contribution >= 0.6 is 0 Å². The number of nitrogens with zero attached hydrogens (tertiary/aromatic N) is 2. The van der Waals surface area contributed by atoms with Crippen molar-refractivity contribution in [1.82, 2.24) is 9.21 Å². The highest BCUT2D eigenvalue weighted by Gasteiger charge is 2.28. The van der Waals surface area contributed by atoms with E-state index in [1.807, 2.05) is 4.90 Å². The molecule has 1 fully saturated rings. The highest BCUT2D eigenvalue weighted by molar-refractivity contribution is 7.88. The van der Waals surface area contributed by atoms with Crippen molar-refractivity contribution < 1.29 is 31.8 Å². The Kier molecular flexibility index (Phi) is 6.44. The molecule has 1 saturated heterocycles. The summed E-state index contributed by atoms with van der Waals surface area (Å²) in [7, 11) is -3.70. The molecular weight excluding hydrogens is 358 g/mol. The lowest BCUT2D eigenvalue weighted by molar-refractivity contribution is -0.137. The monoisotopic (exact) mass is 378 g/mol. The number of carboxylic acids is 1. The smallest absolute Gasteiger partial charge is 0.318 e. The Bertz CT molecular complexity index is 729. The molecule has 0 saturated carbocycles. The second kappa shape index (κ2) is 8.17. The average Bonchev–Trinajstić information content (AvgIpc) is 2.50. The van der Waals surface area contributed by atoms with Gasteiger partial charge in [0.25, 0.3) is 0 Å². The van der Waals surface area contributed by atoms with Crippen LogP contribution in [0, 0.1) is 11.6 Å². The molecule has 0 amide bonds. The van der Waals surface area contributed by atoms with Crippen LogP contribution in [0.4, 0.5) is 8.78 Å². The number of aliphatic carboxylic acids is 1. The molecule has 0 bridgehead atoms. The van der Waals surface area contributed by atoms with Crippen molar-refractivity contribution in [1.29, 1.82) is 0 Å². The van der Waals surface area contributed by atoms with Gasteiger partial charge in [-0.3, -0.25) is 9.69 Å². The Morgan fingerprint density at radius 2 is 2.16 bits per heavy atom. The fourth-order valence-electron chi connectivity index (χ4n) is 2.64. The quantitative estimate of drug-likeness (QED) is 0.744. The standard InChI is InChI=1S/C15H20F2N2O5S/c1-25(22,23)19(10-14(20)21)9-12-8-18(5-6-24-12)7-11-3-2-4-13(16)15(11)17/h2-4,12H,5-10H2,1H3,(H,20,21). The van der Waals surface area contributed by atoms with Gasteiger partial charge in [0.1, 0.15) is 6.54 Å². The number of ether oxygens (including phenoxy) is 1. The topological polar surface area (TPSA) is 87.2 Å². The number of halogens is 2. The maximum Gasteiger partial charge on any atom is 0.318 e. The molecule has 0 aromatic heterocycles. The molecule has 2 rings (SSSR count). The van der Waals surface area contributed by atoms with Gasteiger partial charge in [0.2, 0.25) is 10.0 Å². The van der Waals surface area contributed by atoms with Gasteiger partial charge in [-0.15, -0.1) is 0 Å². The molecule has 1 aliphatic rings. The molecule has 1 aromatic rings. The number of carbonyl (C=O) groups is 1. The predicted molar refractivity (Wildman–Crippen MR) is 85.4 cm³/mol. The number of sulfonamides is 1. The van der Waals surface area contributed by atoms with Gasteiger partial charge >= 0.3 is 5.97 Å². The third-order valence-electron chi connectivity index (χ3n) is 3.84. The van der Waals surface area contributed by atoms with E-state index in [-0.39, 0.29) is 31.8 Å². The average molecular weight is 378 g/mol. The lowest BCUT2D eigenvalue weighted by Gasteiger charge is -2.34. The highest BCUT2D eigenvalue weighted by Crippen LogP contribution is 2.16. The second-order valence-electron chi connectivity index (χ2n) is 5.89. The van der Waals surface area contributed by atoms with Crippen LogP contribution in [-0.4, -0.2) is 73.8 Å². The zero-order valence-corrected chi connectivity index (χ0v) is 14.5. The first kappa shape index (κ1) is 19.7. The van der Waals surface area contributed by atoms with Crippen molar-refractivity contribution in [3.63, 3.8) is 0 Å². The van der Waals surface area contributed by atoms with E-state index in [9.17, 15) is 22.0 Å². The SMILES string of the molecule is CS(=O)(=O)N(CC(=O)O)CC1CN(Cc2cccc(F)c2F)CCO1. The van der Waals surface area contributed by atoms with Gasteiger partial charge in [0, 0.05) is 31.7 Å². The maximum atomic E-state index is 13.8. The minimum Gasteiger partial charge on any atom is -0.480 e. The third-order valence-corrected chi connectivity index (χ3v) is 5.05. The molecule has 0 aliphatic carbocycles. The Hall–Kier alpha value is -1.62. The Morgan fingerprint density at radius 1 is 1.44 bits per heavy atom. The summed E-state index contributed by atoms with van der Waals surface area (Å²) in [4.78, 5) is 12.7. The van der Waals surface area contributed by atoms with Gasteiger partial charge in [-0.25, -0.2) is 17.2 Å². The number of hydrogen-bond acceptors (Lipinski definition) is 5. The maximum absolute atomic E-state index is 13.8. The van der Waals surface area contributed by atoms with Crippen LogP contribution in [0.25, 0.3) is 0 Å². The molecule has 7 nitrogen and oxygen atoms in total. The van der Waals surface area contributed by atoms with Crippen LogP contribution < -0.4 is 0 Å². The first-order valence-electron chi connectivity index (χ1n) is 7.60. The summed E-state index contributed by atoms with van der Waals surface area (Å²) in [5.74, 6) is -3.10. The normalized spacial score (nSPS) is 19.3. The van der Waals surface area contributed by atoms with Crippen LogP contribution in [-0.2, 0) is 26.1 Å². The van der Waals surface area contributed by atoms with E-state index >= 15 is 0 Å². The number of hydrogen-bond donors (Lipinski definition) is 1. The molecule has 0 radical (unpaired) electrons. The van der Waals surface area contributed by atoms with Crippen LogP contribution in [0.2, 0.25) is 0 Å². The van der Waals surface area contributed by atoms with E-state index in [2.05, 4.69) is 0 Å². The van der Waals surface area contributed by atoms with Gasteiger partial charge in [-0.05, 0) is 6.07 Å². The molecule has 10 heteroatoms. The largest absolute Gasteiger partial charge is 0.480 e. The van der Waals surface area contributed by atoms with Gasteiger partial charge in [-0.1, -0.05) is 12.1 Å². The first-order valence-corrected chi connectivity index (χ1v) is 9.45. The molecule has 1 N–H and O–H groups in total. The number of benzene rings is 1. The zero-order valence-electron chi connectivity index (χ0n) is 13.7. The minimum absolute atomic E-state index is 0.118. The number of morpholine rings is 1. The lowest BCUT2D eigenvalue weighted by atomic mass is 10.1. The summed E-state index contributed by atoms with van der Waals surface area (Å²) in [6.07, 6.45) is 0.373. The summed E-state index contributed by atoms with van der Waals surface area (Å²) in [5, 5.41) is 8.85. The van der Waals surface area contributed by atoms with Crippen LogP contribution in [0.5, 0.6) is 0 Å². The van der Waals surface area contributed by atoms with Crippen LogP contribution in [0.15, 0.2) is 18.2 Å². The molecule has 25 heavy (non-hydrogen) atoms. The van der Waals surface area contributed by atoms with E-state index in [1.54, 1.807) is 0 Å². The first-order chi connectivity index (χ1) is 11.7. The molecule has 1 heterocycles. The summed E-state index contributed by atoms with van der Waals surface area (Å²) in [6.45, 7) is 0.421. The van der Waals surface area contributed by atoms with Crippen molar-refractivity contribution in [2.75, 3.05) is 39.0 Å². The molecule has 1 atom stereocenters. The van der Waals surface area contributed by atoms with E-state index in [4.69, 9.17) is 9.84 Å². The third kappa shape index (κ3) is 5.70. The molecule has 0 spiro atoms. The Balaban J connectivity index is 2.02. The van der Waals surface area contributed by atoms with Gasteiger partial charge in [0.15, 0.2) is 11.6 Å². The van der Waals surface area contributed by atoms with Gasteiger partial charge in [0.05, 0.1) is 19.0 Å².